The normalized spacial score (nSPS) is 21.3. The number of carbonyl (C=O) groups is 1. The molecule has 4 heterocycles. The van der Waals surface area contributed by atoms with E-state index in [1.807, 2.05) is 29.7 Å². The molecule has 0 bridgehead atoms. The number of methoxy groups -OCH3 is 1. The summed E-state index contributed by atoms with van der Waals surface area (Å²) in [5.74, 6) is 1.52. The number of piperazine rings is 1. The molecule has 0 aromatic carbocycles. The van der Waals surface area contributed by atoms with Crippen molar-refractivity contribution in [2.75, 3.05) is 69.0 Å². The Morgan fingerprint density at radius 1 is 1.17 bits per heavy atom. The first-order chi connectivity index (χ1) is 16.8. The average Bonchev–Trinajstić information content (AvgIpc) is 2.84. The van der Waals surface area contributed by atoms with Gasteiger partial charge < -0.3 is 30.1 Å². The van der Waals surface area contributed by atoms with E-state index in [0.717, 1.165) is 18.8 Å². The second-order valence-corrected chi connectivity index (χ2v) is 9.40. The van der Waals surface area contributed by atoms with Crippen LogP contribution in [0.1, 0.15) is 30.6 Å². The van der Waals surface area contributed by atoms with Crippen LogP contribution in [-0.2, 0) is 4.74 Å². The Balaban J connectivity index is 1.50. The van der Waals surface area contributed by atoms with E-state index in [9.17, 15) is 9.18 Å². The maximum Gasteiger partial charge on any atom is 0.257 e. The number of carbonyl (C=O) groups excluding carboxylic acids is 1. The minimum atomic E-state index is -1.09. The van der Waals surface area contributed by atoms with Crippen LogP contribution in [0.15, 0.2) is 24.5 Å². The summed E-state index contributed by atoms with van der Waals surface area (Å²) in [4.78, 5) is 32.5. The van der Waals surface area contributed by atoms with Gasteiger partial charge in [0, 0.05) is 64.3 Å². The van der Waals surface area contributed by atoms with E-state index in [-0.39, 0.29) is 18.5 Å². The van der Waals surface area contributed by atoms with Crippen molar-refractivity contribution in [3.05, 3.63) is 30.1 Å². The number of likely N-dealkylation sites (N-methyl/N-ethyl adjacent to an activating group) is 1. The number of anilines is 4. The number of rotatable bonds is 7. The van der Waals surface area contributed by atoms with Crippen molar-refractivity contribution in [3.63, 3.8) is 0 Å². The van der Waals surface area contributed by atoms with Crippen molar-refractivity contribution in [2.24, 2.45) is 0 Å². The largest absolute Gasteiger partial charge is 0.382 e. The lowest BCUT2D eigenvalue weighted by Crippen LogP contribution is -2.47. The van der Waals surface area contributed by atoms with Gasteiger partial charge in [0.1, 0.15) is 17.8 Å². The van der Waals surface area contributed by atoms with E-state index < -0.39 is 12.3 Å². The van der Waals surface area contributed by atoms with Crippen molar-refractivity contribution >= 4 is 29.2 Å². The van der Waals surface area contributed by atoms with Gasteiger partial charge in [-0.05, 0) is 33.4 Å². The first-order valence-electron chi connectivity index (χ1n) is 12.1. The molecule has 0 unspecified atom stereocenters. The van der Waals surface area contributed by atoms with E-state index in [2.05, 4.69) is 37.5 Å². The number of alkyl halides is 1. The molecule has 10 nitrogen and oxygen atoms in total. The number of hydrogen-bond donors (Lipinski definition) is 2. The minimum Gasteiger partial charge on any atom is -0.382 e. The molecule has 1 amide bonds. The monoisotopic (exact) mass is 486 g/mol. The fraction of sp³-hybridized carbons (Fsp3) is 0.583. The van der Waals surface area contributed by atoms with Crippen molar-refractivity contribution in [1.82, 2.24) is 24.8 Å². The smallest absolute Gasteiger partial charge is 0.257 e. The predicted octanol–water partition coefficient (Wildman–Crippen LogP) is 2.39. The number of amides is 1. The molecule has 0 spiro atoms. The molecule has 2 aromatic heterocycles. The topological polar surface area (TPSA) is 98.8 Å². The van der Waals surface area contributed by atoms with Crippen LogP contribution in [0.5, 0.6) is 0 Å². The highest BCUT2D eigenvalue weighted by Gasteiger charge is 2.30. The summed E-state index contributed by atoms with van der Waals surface area (Å²) >= 11 is 0. The Kier molecular flexibility index (Phi) is 7.97. The van der Waals surface area contributed by atoms with Crippen molar-refractivity contribution < 1.29 is 13.9 Å². The minimum absolute atomic E-state index is 0.0233. The third-order valence-electron chi connectivity index (χ3n) is 6.34. The molecule has 0 radical (unpaired) electrons. The number of piperidine rings is 1. The van der Waals surface area contributed by atoms with E-state index in [1.54, 1.807) is 18.5 Å². The lowest BCUT2D eigenvalue weighted by molar-refractivity contribution is 0.0194. The van der Waals surface area contributed by atoms with E-state index in [0.29, 0.717) is 49.2 Å². The number of aromatic nitrogens is 3. The van der Waals surface area contributed by atoms with Gasteiger partial charge in [-0.1, -0.05) is 0 Å². The maximum absolute atomic E-state index is 14.3. The molecule has 35 heavy (non-hydrogen) atoms. The summed E-state index contributed by atoms with van der Waals surface area (Å²) in [6.07, 6.45) is 2.34. The van der Waals surface area contributed by atoms with Crippen LogP contribution >= 0.6 is 0 Å². The highest BCUT2D eigenvalue weighted by Crippen LogP contribution is 2.25. The van der Waals surface area contributed by atoms with E-state index in [4.69, 9.17) is 4.74 Å². The Bertz CT molecular complexity index is 1010. The summed E-state index contributed by atoms with van der Waals surface area (Å²) < 4.78 is 19.5. The van der Waals surface area contributed by atoms with Crippen LogP contribution in [0, 0.1) is 0 Å². The lowest BCUT2D eigenvalue weighted by atomic mass is 10.1. The summed E-state index contributed by atoms with van der Waals surface area (Å²) in [5, 5.41) is 6.57. The molecule has 2 aliphatic heterocycles. The fourth-order valence-electron chi connectivity index (χ4n) is 4.34. The van der Waals surface area contributed by atoms with Crippen molar-refractivity contribution in [1.29, 1.82) is 0 Å². The Morgan fingerprint density at radius 3 is 2.63 bits per heavy atom. The molecular formula is C24H35FN8O2. The van der Waals surface area contributed by atoms with Crippen LogP contribution in [0.2, 0.25) is 0 Å². The summed E-state index contributed by atoms with van der Waals surface area (Å²) in [7, 11) is 3.60. The second-order valence-electron chi connectivity index (χ2n) is 9.40. The van der Waals surface area contributed by atoms with Crippen LogP contribution in [-0.4, -0.2) is 102 Å². The van der Waals surface area contributed by atoms with Crippen LogP contribution in [0.4, 0.5) is 27.7 Å². The number of nitrogens with one attached hydrogen (secondary N) is 2. The van der Waals surface area contributed by atoms with Gasteiger partial charge in [-0.3, -0.25) is 4.79 Å². The first kappa shape index (κ1) is 25.1. The molecule has 190 valence electrons. The van der Waals surface area contributed by atoms with Crippen LogP contribution < -0.4 is 15.5 Å². The third-order valence-corrected chi connectivity index (χ3v) is 6.34. The fourth-order valence-corrected chi connectivity index (χ4v) is 4.34. The molecule has 2 aliphatic rings. The standard InChI is InChI=1S/C24H35FN8O2/c1-16(2)28-19-13-22(27-14-17(19)23(34)32-11-9-31(3)10-12-32)29-21-5-7-26-24(30-21)33-8-6-20(35-4)18(25)15-33/h5,7,13-14,16,18,20H,6,8-12,15H2,1-4H3,(H2,26,27,28,29,30)/t18-,20+/m1/s1. The maximum atomic E-state index is 14.3. The number of hydrogen-bond acceptors (Lipinski definition) is 9. The van der Waals surface area contributed by atoms with Gasteiger partial charge in [0.2, 0.25) is 5.95 Å². The Hall–Kier alpha value is -3.05. The Morgan fingerprint density at radius 2 is 1.94 bits per heavy atom. The van der Waals surface area contributed by atoms with Gasteiger partial charge in [-0.15, -0.1) is 0 Å². The molecule has 11 heteroatoms. The van der Waals surface area contributed by atoms with E-state index in [1.165, 1.54) is 7.11 Å². The highest BCUT2D eigenvalue weighted by molar-refractivity contribution is 6.00. The van der Waals surface area contributed by atoms with Crippen molar-refractivity contribution in [2.45, 2.75) is 38.6 Å². The SMILES string of the molecule is CO[C@H]1CCN(c2nccc(Nc3cc(NC(C)C)c(C(=O)N4CCN(C)CC4)cn3)n2)C[C@H]1F. The average molecular weight is 487 g/mol. The van der Waals surface area contributed by atoms with Gasteiger partial charge in [-0.2, -0.15) is 4.98 Å². The van der Waals surface area contributed by atoms with Crippen molar-refractivity contribution in [3.8, 4) is 0 Å². The van der Waals surface area contributed by atoms with Gasteiger partial charge in [0.05, 0.1) is 23.9 Å². The molecule has 2 aromatic rings. The second kappa shape index (κ2) is 11.1. The predicted molar refractivity (Wildman–Crippen MR) is 134 cm³/mol. The highest BCUT2D eigenvalue weighted by atomic mass is 19.1. The summed E-state index contributed by atoms with van der Waals surface area (Å²) in [6, 6.07) is 3.70. The molecular weight excluding hydrogens is 451 g/mol. The van der Waals surface area contributed by atoms with E-state index >= 15 is 0 Å². The third kappa shape index (κ3) is 6.15. The summed E-state index contributed by atoms with van der Waals surface area (Å²) in [6.45, 7) is 7.96. The molecule has 2 saturated heterocycles. The van der Waals surface area contributed by atoms with Gasteiger partial charge in [0.15, 0.2) is 0 Å². The quantitative estimate of drug-likeness (QED) is 0.611. The number of pyridine rings is 1. The van der Waals surface area contributed by atoms with Gasteiger partial charge in [0.25, 0.3) is 5.91 Å². The zero-order valence-electron chi connectivity index (χ0n) is 20.9. The van der Waals surface area contributed by atoms with Gasteiger partial charge >= 0.3 is 0 Å². The van der Waals surface area contributed by atoms with Crippen LogP contribution in [0.3, 0.4) is 0 Å². The Labute approximate surface area is 205 Å². The first-order valence-corrected chi connectivity index (χ1v) is 12.1. The lowest BCUT2D eigenvalue weighted by Gasteiger charge is -2.33. The zero-order chi connectivity index (χ0) is 24.9. The molecule has 0 aliphatic carbocycles. The molecule has 4 rings (SSSR count). The number of halogens is 1. The molecule has 2 atom stereocenters. The zero-order valence-corrected chi connectivity index (χ0v) is 20.9. The number of nitrogens with zero attached hydrogens (tertiary/aromatic N) is 6. The molecule has 2 N–H and O–H groups in total. The number of ether oxygens (including phenoxy) is 1. The summed E-state index contributed by atoms with van der Waals surface area (Å²) in [5.41, 5.74) is 1.27. The molecule has 0 saturated carbocycles. The van der Waals surface area contributed by atoms with Gasteiger partial charge in [-0.25, -0.2) is 14.4 Å². The molecule has 2 fully saturated rings. The van der Waals surface area contributed by atoms with Crippen LogP contribution in [0.25, 0.3) is 0 Å².